The Bertz CT molecular complexity index is 336. The summed E-state index contributed by atoms with van der Waals surface area (Å²) in [4.78, 5) is 3.06. The van der Waals surface area contributed by atoms with Crippen LogP contribution in [0.1, 0.15) is 36.8 Å². The van der Waals surface area contributed by atoms with Gasteiger partial charge in [0.25, 0.3) is 0 Å². The summed E-state index contributed by atoms with van der Waals surface area (Å²) in [6.45, 7) is 4.42. The third kappa shape index (κ3) is 5.35. The number of aromatic amines is 1. The summed E-state index contributed by atoms with van der Waals surface area (Å²) in [5, 5.41) is 0. The molecule has 1 nitrogen and oxygen atoms in total. The molecule has 0 unspecified atom stereocenters. The van der Waals surface area contributed by atoms with Crippen molar-refractivity contribution in [3.05, 3.63) is 77.5 Å². The van der Waals surface area contributed by atoms with Gasteiger partial charge in [-0.15, -0.1) is 18.0 Å². The second kappa shape index (κ2) is 11.5. The number of hydrogen-bond acceptors (Lipinski definition) is 0. The number of aromatic nitrogens is 1. The molecule has 0 spiro atoms. The fourth-order valence-electron chi connectivity index (χ4n) is 1.72. The van der Waals surface area contributed by atoms with E-state index in [1.165, 1.54) is 11.1 Å². The molecule has 0 aliphatic heterocycles. The number of hydrogen-bond donors (Lipinski definition) is 1. The number of H-pyrrole nitrogens is 1. The van der Waals surface area contributed by atoms with Crippen LogP contribution in [-0.2, 0) is 19.5 Å². The van der Waals surface area contributed by atoms with E-state index in [0.717, 1.165) is 0 Å². The maximum absolute atomic E-state index is 3.20. The Morgan fingerprint density at radius 1 is 1.06 bits per heavy atom. The standard InChI is InChI=1S/C12H14N.4CH3.Ru/c1-9(2)11-7-13-8-12(11)10-5-3-4-6-10;;;;;/h3-7,9-10,13H,1-2H3;4*1H3;/q5*-1;+5. The van der Waals surface area contributed by atoms with E-state index in [1.807, 2.05) is 0 Å². The largest absolute Gasteiger partial charge is 5.00 e. The topological polar surface area (TPSA) is 15.8 Å². The van der Waals surface area contributed by atoms with E-state index in [-0.39, 0.29) is 49.2 Å². The second-order valence-corrected chi connectivity index (χ2v) is 3.73. The van der Waals surface area contributed by atoms with Gasteiger partial charge in [0.15, 0.2) is 0 Å². The van der Waals surface area contributed by atoms with Crippen LogP contribution in [0.2, 0.25) is 0 Å². The predicted molar refractivity (Wildman–Crippen MR) is 80.4 cm³/mol. The molecule has 0 bridgehead atoms. The molecule has 0 saturated heterocycles. The number of nitrogens with one attached hydrogen (secondary N) is 1. The van der Waals surface area contributed by atoms with E-state index in [4.69, 9.17) is 0 Å². The second-order valence-electron chi connectivity index (χ2n) is 3.73. The summed E-state index contributed by atoms with van der Waals surface area (Å²) in [7, 11) is 0. The molecule has 0 atom stereocenters. The summed E-state index contributed by atoms with van der Waals surface area (Å²) in [5.74, 6) is 1.00. The van der Waals surface area contributed by atoms with Crippen LogP contribution in [0.15, 0.2) is 30.5 Å². The summed E-state index contributed by atoms with van der Waals surface area (Å²) >= 11 is 0. The van der Waals surface area contributed by atoms with Gasteiger partial charge in [0.05, 0.1) is 0 Å². The zero-order chi connectivity index (χ0) is 9.26. The first kappa shape index (κ1) is 26.1. The summed E-state index contributed by atoms with van der Waals surface area (Å²) in [6, 6.07) is 0. The Morgan fingerprint density at radius 3 is 2.00 bits per heavy atom. The molecule has 1 aliphatic rings. The fourth-order valence-corrected chi connectivity index (χ4v) is 1.72. The van der Waals surface area contributed by atoms with Crippen LogP contribution in [0.5, 0.6) is 0 Å². The van der Waals surface area contributed by atoms with Crippen molar-refractivity contribution < 1.29 is 19.5 Å². The zero-order valence-corrected chi connectivity index (χ0v) is 14.1. The Kier molecular flexibility index (Phi) is 16.6. The van der Waals surface area contributed by atoms with Crippen LogP contribution in [0.25, 0.3) is 0 Å². The fraction of sp³-hybridized carbons (Fsp3) is 0.250. The van der Waals surface area contributed by atoms with Crippen molar-refractivity contribution in [2.45, 2.75) is 25.7 Å². The molecule has 0 aromatic carbocycles. The van der Waals surface area contributed by atoms with E-state index in [1.54, 1.807) is 0 Å². The van der Waals surface area contributed by atoms with Gasteiger partial charge in [0, 0.05) is 0 Å². The first-order valence-electron chi connectivity index (χ1n) is 4.73. The molecule has 1 heterocycles. The summed E-state index contributed by atoms with van der Waals surface area (Å²) in [6.07, 6.45) is 13.8. The Morgan fingerprint density at radius 2 is 1.56 bits per heavy atom. The van der Waals surface area contributed by atoms with Gasteiger partial charge in [-0.1, -0.05) is 44.1 Å². The summed E-state index contributed by atoms with van der Waals surface area (Å²) in [5.41, 5.74) is 2.67. The van der Waals surface area contributed by atoms with Gasteiger partial charge < -0.3 is 34.7 Å². The van der Waals surface area contributed by atoms with E-state index in [9.17, 15) is 0 Å². The minimum Gasteiger partial charge on any atom is -0.484 e. The van der Waals surface area contributed by atoms with Gasteiger partial charge in [-0.3, -0.25) is 0 Å². The van der Waals surface area contributed by atoms with Gasteiger partial charge in [-0.25, -0.2) is 0 Å². The predicted octanol–water partition coefficient (Wildman–Crippen LogP) is 4.95. The van der Waals surface area contributed by atoms with Gasteiger partial charge in [0.2, 0.25) is 0 Å². The molecule has 1 radical (unpaired) electrons. The van der Waals surface area contributed by atoms with Crippen LogP contribution in [0.4, 0.5) is 0 Å². The first-order chi connectivity index (χ1) is 6.29. The van der Waals surface area contributed by atoms with Crippen molar-refractivity contribution in [1.82, 2.24) is 4.98 Å². The van der Waals surface area contributed by atoms with Crippen molar-refractivity contribution in [1.29, 1.82) is 0 Å². The van der Waals surface area contributed by atoms with Crippen LogP contribution in [0, 0.1) is 35.9 Å². The Labute approximate surface area is 128 Å². The molecule has 0 fully saturated rings. The molecule has 103 valence electrons. The average molecular weight is 333 g/mol. The van der Waals surface area contributed by atoms with Crippen molar-refractivity contribution in [3.63, 3.8) is 0 Å². The van der Waals surface area contributed by atoms with Crippen molar-refractivity contribution in [2.75, 3.05) is 0 Å². The first-order valence-corrected chi connectivity index (χ1v) is 4.73. The maximum atomic E-state index is 3.20. The maximum Gasteiger partial charge on any atom is 5.00 e. The zero-order valence-electron chi connectivity index (χ0n) is 12.4. The SMILES string of the molecule is CC(C)c1c[nH][c-]c1C1C=CC=C1.[CH3-].[CH3-].[CH3-].[CH3-].[Ru+5]. The van der Waals surface area contributed by atoms with E-state index >= 15 is 0 Å². The molecule has 2 rings (SSSR count). The number of rotatable bonds is 2. The monoisotopic (exact) mass is 334 g/mol. The Balaban J connectivity index is -0.000000196. The van der Waals surface area contributed by atoms with Crippen LogP contribution >= 0.6 is 0 Å². The normalized spacial score (nSPS) is 11.7. The van der Waals surface area contributed by atoms with E-state index < -0.39 is 0 Å². The van der Waals surface area contributed by atoms with E-state index in [0.29, 0.717) is 11.8 Å². The van der Waals surface area contributed by atoms with Gasteiger partial charge >= 0.3 is 19.5 Å². The molecule has 1 aromatic heterocycles. The molecule has 18 heavy (non-hydrogen) atoms. The van der Waals surface area contributed by atoms with Crippen LogP contribution in [0.3, 0.4) is 0 Å². The van der Waals surface area contributed by atoms with Crippen LogP contribution < -0.4 is 0 Å². The minimum absolute atomic E-state index is 0. The molecule has 1 N–H and O–H groups in total. The Hall–Kier alpha value is -0.617. The molecular weight excluding hydrogens is 307 g/mol. The third-order valence-corrected chi connectivity index (χ3v) is 2.45. The van der Waals surface area contributed by atoms with Gasteiger partial charge in [-0.2, -0.15) is 5.56 Å². The van der Waals surface area contributed by atoms with Gasteiger partial charge in [-0.05, 0) is 5.92 Å². The third-order valence-electron chi connectivity index (χ3n) is 2.45. The molecule has 2 heteroatoms. The van der Waals surface area contributed by atoms with Crippen LogP contribution in [-0.4, -0.2) is 4.98 Å². The smallest absolute Gasteiger partial charge is 0.484 e. The van der Waals surface area contributed by atoms with Crippen molar-refractivity contribution in [2.24, 2.45) is 0 Å². The van der Waals surface area contributed by atoms with Crippen molar-refractivity contribution in [3.8, 4) is 0 Å². The summed E-state index contributed by atoms with van der Waals surface area (Å²) < 4.78 is 0. The molecule has 0 saturated carbocycles. The molecule has 1 aliphatic carbocycles. The molecule has 1 aromatic rings. The average Bonchev–Trinajstić information content (AvgIpc) is 2.74. The van der Waals surface area contributed by atoms with Gasteiger partial charge in [0.1, 0.15) is 0 Å². The minimum atomic E-state index is 0. The quantitative estimate of drug-likeness (QED) is 0.582. The van der Waals surface area contributed by atoms with E-state index in [2.05, 4.69) is 55.5 Å². The number of allylic oxidation sites excluding steroid dienone is 4. The molecular formula is C16H26NRu. The van der Waals surface area contributed by atoms with Crippen molar-refractivity contribution >= 4 is 0 Å². The molecule has 0 amide bonds.